The van der Waals surface area contributed by atoms with Crippen molar-refractivity contribution in [3.8, 4) is 0 Å². The summed E-state index contributed by atoms with van der Waals surface area (Å²) in [5.74, 6) is -0.274. The zero-order valence-corrected chi connectivity index (χ0v) is 11.0. The highest BCUT2D eigenvalue weighted by molar-refractivity contribution is 5.95. The number of pyridine rings is 1. The molecule has 0 radical (unpaired) electrons. The molecule has 1 fully saturated rings. The summed E-state index contributed by atoms with van der Waals surface area (Å²) in [4.78, 5) is 15.5. The fourth-order valence-corrected chi connectivity index (χ4v) is 2.38. The van der Waals surface area contributed by atoms with Crippen molar-refractivity contribution in [1.29, 1.82) is 0 Å². The smallest absolute Gasteiger partial charge is 0.327 e. The van der Waals surface area contributed by atoms with Gasteiger partial charge < -0.3 is 11.1 Å². The maximum Gasteiger partial charge on any atom is 0.433 e. The van der Waals surface area contributed by atoms with Gasteiger partial charge in [0.05, 0.1) is 17.3 Å². The number of nitrogens with two attached hydrogens (primary N) is 1. The Bertz CT molecular complexity index is 501. The SMILES string of the molecule is CC1(C(=O)Nc2ccc(C(F)(F)F)nc2)CCCC1N. The predicted octanol–water partition coefficient (Wildman–Crippen LogP) is 2.56. The lowest BCUT2D eigenvalue weighted by Crippen LogP contribution is -2.44. The normalized spacial score (nSPS) is 26.6. The van der Waals surface area contributed by atoms with Gasteiger partial charge in [-0.05, 0) is 31.9 Å². The van der Waals surface area contributed by atoms with Gasteiger partial charge in [0.1, 0.15) is 5.69 Å². The zero-order chi connectivity index (χ0) is 15.0. The van der Waals surface area contributed by atoms with Gasteiger partial charge in [-0.1, -0.05) is 6.42 Å². The predicted molar refractivity (Wildman–Crippen MR) is 67.8 cm³/mol. The second kappa shape index (κ2) is 5.05. The van der Waals surface area contributed by atoms with Crippen molar-refractivity contribution in [2.24, 2.45) is 11.1 Å². The summed E-state index contributed by atoms with van der Waals surface area (Å²) in [7, 11) is 0. The molecular weight excluding hydrogens is 271 g/mol. The Balaban J connectivity index is 2.09. The Kier molecular flexibility index (Phi) is 3.73. The average Bonchev–Trinajstić information content (AvgIpc) is 2.70. The number of hydrogen-bond donors (Lipinski definition) is 2. The van der Waals surface area contributed by atoms with Gasteiger partial charge in [-0.15, -0.1) is 0 Å². The Morgan fingerprint density at radius 2 is 2.20 bits per heavy atom. The first-order valence-electron chi connectivity index (χ1n) is 6.34. The molecule has 1 aromatic heterocycles. The second-order valence-electron chi connectivity index (χ2n) is 5.30. The van der Waals surface area contributed by atoms with Gasteiger partial charge in [-0.2, -0.15) is 13.2 Å². The molecule has 1 aromatic rings. The Labute approximate surface area is 114 Å². The summed E-state index contributed by atoms with van der Waals surface area (Å²) >= 11 is 0. The standard InChI is InChI=1S/C13H16F3N3O/c1-12(6-2-3-9(12)17)11(20)19-8-4-5-10(18-7-8)13(14,15)16/h4-5,7,9H,2-3,6,17H2,1H3,(H,19,20). The topological polar surface area (TPSA) is 68.0 Å². The molecule has 1 amide bonds. The number of aromatic nitrogens is 1. The highest BCUT2D eigenvalue weighted by Gasteiger charge is 2.43. The van der Waals surface area contributed by atoms with E-state index in [-0.39, 0.29) is 17.6 Å². The molecule has 0 spiro atoms. The van der Waals surface area contributed by atoms with Crippen molar-refractivity contribution >= 4 is 11.6 Å². The van der Waals surface area contributed by atoms with Crippen LogP contribution in [0, 0.1) is 5.41 Å². The second-order valence-corrected chi connectivity index (χ2v) is 5.30. The fraction of sp³-hybridized carbons (Fsp3) is 0.538. The number of carbonyl (C=O) groups is 1. The van der Waals surface area contributed by atoms with E-state index in [1.54, 1.807) is 6.92 Å². The summed E-state index contributed by atoms with van der Waals surface area (Å²) < 4.78 is 37.1. The zero-order valence-electron chi connectivity index (χ0n) is 11.0. The third kappa shape index (κ3) is 2.77. The Hall–Kier alpha value is -1.63. The van der Waals surface area contributed by atoms with Gasteiger partial charge in [0.25, 0.3) is 0 Å². The summed E-state index contributed by atoms with van der Waals surface area (Å²) in [6.45, 7) is 1.78. The lowest BCUT2D eigenvalue weighted by atomic mass is 9.84. The van der Waals surface area contributed by atoms with E-state index >= 15 is 0 Å². The van der Waals surface area contributed by atoms with Crippen LogP contribution >= 0.6 is 0 Å². The van der Waals surface area contributed by atoms with Crippen LogP contribution in [0.1, 0.15) is 31.9 Å². The molecule has 2 unspecified atom stereocenters. The highest BCUT2D eigenvalue weighted by Crippen LogP contribution is 2.37. The Morgan fingerprint density at radius 3 is 2.65 bits per heavy atom. The quantitative estimate of drug-likeness (QED) is 0.878. The molecule has 20 heavy (non-hydrogen) atoms. The number of amides is 1. The maximum atomic E-state index is 12.4. The summed E-state index contributed by atoms with van der Waals surface area (Å²) in [6.07, 6.45) is -1.16. The minimum absolute atomic E-state index is 0.232. The largest absolute Gasteiger partial charge is 0.433 e. The van der Waals surface area contributed by atoms with E-state index in [0.29, 0.717) is 6.42 Å². The molecule has 2 atom stereocenters. The van der Waals surface area contributed by atoms with Crippen molar-refractivity contribution in [3.63, 3.8) is 0 Å². The van der Waals surface area contributed by atoms with Crippen molar-refractivity contribution < 1.29 is 18.0 Å². The molecule has 0 aliphatic heterocycles. The minimum atomic E-state index is -4.48. The number of alkyl halides is 3. The maximum absolute atomic E-state index is 12.4. The van der Waals surface area contributed by atoms with Gasteiger partial charge in [0.15, 0.2) is 0 Å². The molecule has 4 nitrogen and oxygen atoms in total. The minimum Gasteiger partial charge on any atom is -0.327 e. The first-order valence-corrected chi connectivity index (χ1v) is 6.34. The van der Waals surface area contributed by atoms with E-state index in [1.807, 2.05) is 0 Å². The third-order valence-electron chi connectivity index (χ3n) is 3.86. The number of nitrogens with one attached hydrogen (secondary N) is 1. The molecule has 7 heteroatoms. The van der Waals surface area contributed by atoms with Crippen LogP contribution in [-0.2, 0) is 11.0 Å². The van der Waals surface area contributed by atoms with Crippen molar-refractivity contribution in [2.75, 3.05) is 5.32 Å². The lowest BCUT2D eigenvalue weighted by molar-refractivity contribution is -0.141. The van der Waals surface area contributed by atoms with Crippen LogP contribution in [0.15, 0.2) is 18.3 Å². The van der Waals surface area contributed by atoms with Gasteiger partial charge in [-0.3, -0.25) is 4.79 Å². The Morgan fingerprint density at radius 1 is 1.50 bits per heavy atom. The molecule has 1 saturated carbocycles. The number of rotatable bonds is 2. The number of carbonyl (C=O) groups excluding carboxylic acids is 1. The van der Waals surface area contributed by atoms with Crippen molar-refractivity contribution in [2.45, 2.75) is 38.4 Å². The summed E-state index contributed by atoms with van der Waals surface area (Å²) in [6, 6.07) is 1.80. The average molecular weight is 287 g/mol. The molecule has 1 aliphatic carbocycles. The van der Waals surface area contributed by atoms with Crippen LogP contribution in [0.2, 0.25) is 0 Å². The monoisotopic (exact) mass is 287 g/mol. The van der Waals surface area contributed by atoms with Crippen LogP contribution in [0.25, 0.3) is 0 Å². The van der Waals surface area contributed by atoms with Crippen molar-refractivity contribution in [1.82, 2.24) is 4.98 Å². The van der Waals surface area contributed by atoms with Gasteiger partial charge in [-0.25, -0.2) is 4.98 Å². The fourth-order valence-electron chi connectivity index (χ4n) is 2.38. The molecular formula is C13H16F3N3O. The molecule has 3 N–H and O–H groups in total. The first-order chi connectivity index (χ1) is 9.23. The summed E-state index contributed by atoms with van der Waals surface area (Å²) in [5.41, 5.74) is 4.50. The van der Waals surface area contributed by atoms with Gasteiger partial charge in [0, 0.05) is 6.04 Å². The van der Waals surface area contributed by atoms with Gasteiger partial charge >= 0.3 is 6.18 Å². The first kappa shape index (κ1) is 14.8. The number of halogens is 3. The molecule has 0 saturated heterocycles. The van der Waals surface area contributed by atoms with Crippen LogP contribution in [0.5, 0.6) is 0 Å². The third-order valence-corrected chi connectivity index (χ3v) is 3.86. The van der Waals surface area contributed by atoms with Gasteiger partial charge in [0.2, 0.25) is 5.91 Å². The van der Waals surface area contributed by atoms with E-state index in [1.165, 1.54) is 6.07 Å². The van der Waals surface area contributed by atoms with E-state index in [0.717, 1.165) is 25.1 Å². The van der Waals surface area contributed by atoms with E-state index in [4.69, 9.17) is 5.73 Å². The molecule has 0 bridgehead atoms. The van der Waals surface area contributed by atoms with E-state index < -0.39 is 17.3 Å². The van der Waals surface area contributed by atoms with E-state index in [9.17, 15) is 18.0 Å². The number of hydrogen-bond acceptors (Lipinski definition) is 3. The van der Waals surface area contributed by atoms with Crippen LogP contribution < -0.4 is 11.1 Å². The van der Waals surface area contributed by atoms with Crippen LogP contribution in [-0.4, -0.2) is 16.9 Å². The van der Waals surface area contributed by atoms with Crippen LogP contribution in [0.4, 0.5) is 18.9 Å². The van der Waals surface area contributed by atoms with Crippen molar-refractivity contribution in [3.05, 3.63) is 24.0 Å². The van der Waals surface area contributed by atoms with E-state index in [2.05, 4.69) is 10.3 Å². The number of anilines is 1. The highest BCUT2D eigenvalue weighted by atomic mass is 19.4. The lowest BCUT2D eigenvalue weighted by Gasteiger charge is -2.27. The number of nitrogens with zero attached hydrogens (tertiary/aromatic N) is 1. The molecule has 1 heterocycles. The molecule has 2 rings (SSSR count). The molecule has 0 aromatic carbocycles. The molecule has 1 aliphatic rings. The summed E-state index contributed by atoms with van der Waals surface area (Å²) in [5, 5.41) is 2.58. The molecule has 110 valence electrons. The van der Waals surface area contributed by atoms with Crippen LogP contribution in [0.3, 0.4) is 0 Å².